The molecule has 2 N–H and O–H groups in total. The summed E-state index contributed by atoms with van der Waals surface area (Å²) in [4.78, 5) is 11.8. The summed E-state index contributed by atoms with van der Waals surface area (Å²) in [6.45, 7) is 2.49. The first-order valence-electron chi connectivity index (χ1n) is 6.60. The molecule has 0 aliphatic carbocycles. The third-order valence-corrected chi connectivity index (χ3v) is 3.81. The molecule has 0 spiro atoms. The van der Waals surface area contributed by atoms with Crippen molar-refractivity contribution >= 4 is 39.2 Å². The molecule has 0 fully saturated rings. The lowest BCUT2D eigenvalue weighted by atomic mass is 10.1. The molecule has 2 aromatic rings. The zero-order valence-electron chi connectivity index (χ0n) is 11.6. The molecule has 2 aromatic carbocycles. The van der Waals surface area contributed by atoms with E-state index in [1.807, 2.05) is 37.3 Å². The third-order valence-electron chi connectivity index (χ3n) is 3.05. The van der Waals surface area contributed by atoms with Crippen LogP contribution in [0.2, 0.25) is 5.02 Å². The zero-order chi connectivity index (χ0) is 15.2. The van der Waals surface area contributed by atoms with Crippen molar-refractivity contribution in [3.05, 3.63) is 63.1 Å². The van der Waals surface area contributed by atoms with Crippen molar-refractivity contribution in [2.75, 3.05) is 11.9 Å². The van der Waals surface area contributed by atoms with Crippen molar-refractivity contribution in [3.8, 4) is 0 Å². The molecule has 0 unspecified atom stereocenters. The summed E-state index contributed by atoms with van der Waals surface area (Å²) in [7, 11) is 0. The minimum atomic E-state index is -0.211. The van der Waals surface area contributed by atoms with Crippen LogP contribution >= 0.6 is 27.5 Å². The predicted molar refractivity (Wildman–Crippen MR) is 91.1 cm³/mol. The first-order chi connectivity index (χ1) is 10.0. The second-order valence-corrected chi connectivity index (χ2v) is 6.07. The molecule has 110 valence electrons. The SMILES string of the molecule is Cc1cc(Cl)ccc1NC(=O)NCCc1ccc(Br)cc1. The molecule has 0 aliphatic rings. The number of aryl methyl sites for hydroxylation is 1. The highest BCUT2D eigenvalue weighted by Gasteiger charge is 2.04. The van der Waals surface area contributed by atoms with E-state index in [1.165, 1.54) is 5.56 Å². The van der Waals surface area contributed by atoms with Crippen molar-refractivity contribution < 1.29 is 4.79 Å². The summed E-state index contributed by atoms with van der Waals surface area (Å²) in [6, 6.07) is 13.2. The molecule has 3 nitrogen and oxygen atoms in total. The normalized spacial score (nSPS) is 10.2. The van der Waals surface area contributed by atoms with Gasteiger partial charge in [0.15, 0.2) is 0 Å². The van der Waals surface area contributed by atoms with Crippen LogP contribution in [0.4, 0.5) is 10.5 Å². The molecule has 2 rings (SSSR count). The smallest absolute Gasteiger partial charge is 0.319 e. The molecular weight excluding hydrogens is 352 g/mol. The van der Waals surface area contributed by atoms with Crippen LogP contribution in [0, 0.1) is 6.92 Å². The standard InChI is InChI=1S/C16H16BrClN2O/c1-11-10-14(18)6-7-15(11)20-16(21)19-9-8-12-2-4-13(17)5-3-12/h2-7,10H,8-9H2,1H3,(H2,19,20,21). The Morgan fingerprint density at radius 3 is 2.57 bits per heavy atom. The highest BCUT2D eigenvalue weighted by Crippen LogP contribution is 2.19. The van der Waals surface area contributed by atoms with Crippen LogP contribution < -0.4 is 10.6 Å². The van der Waals surface area contributed by atoms with E-state index in [2.05, 4.69) is 26.6 Å². The Morgan fingerprint density at radius 1 is 1.19 bits per heavy atom. The van der Waals surface area contributed by atoms with Gasteiger partial charge in [0.2, 0.25) is 0 Å². The van der Waals surface area contributed by atoms with E-state index in [0.717, 1.165) is 22.1 Å². The fraction of sp³-hybridized carbons (Fsp3) is 0.188. The summed E-state index contributed by atoms with van der Waals surface area (Å²) in [5, 5.41) is 6.32. The predicted octanol–water partition coefficient (Wildman–Crippen LogP) is 4.78. The van der Waals surface area contributed by atoms with Gasteiger partial charge in [0.1, 0.15) is 0 Å². The summed E-state index contributed by atoms with van der Waals surface area (Å²) in [5.74, 6) is 0. The Hall–Kier alpha value is -1.52. The molecule has 21 heavy (non-hydrogen) atoms. The van der Waals surface area contributed by atoms with Crippen LogP contribution in [0.5, 0.6) is 0 Å². The van der Waals surface area contributed by atoms with Crippen molar-refractivity contribution in [1.29, 1.82) is 0 Å². The fourth-order valence-corrected chi connectivity index (χ4v) is 2.40. The number of nitrogens with one attached hydrogen (secondary N) is 2. The third kappa shape index (κ3) is 5.06. The lowest BCUT2D eigenvalue weighted by Crippen LogP contribution is -2.30. The lowest BCUT2D eigenvalue weighted by Gasteiger charge is -2.10. The van der Waals surface area contributed by atoms with Gasteiger partial charge in [-0.3, -0.25) is 0 Å². The van der Waals surface area contributed by atoms with Crippen molar-refractivity contribution in [3.63, 3.8) is 0 Å². The number of benzene rings is 2. The van der Waals surface area contributed by atoms with Crippen molar-refractivity contribution in [1.82, 2.24) is 5.32 Å². The Labute approximate surface area is 137 Å². The topological polar surface area (TPSA) is 41.1 Å². The van der Waals surface area contributed by atoms with E-state index in [-0.39, 0.29) is 6.03 Å². The molecule has 0 bridgehead atoms. The average molecular weight is 368 g/mol. The minimum absolute atomic E-state index is 0.211. The average Bonchev–Trinajstić information content (AvgIpc) is 2.44. The van der Waals surface area contributed by atoms with E-state index >= 15 is 0 Å². The van der Waals surface area contributed by atoms with Gasteiger partial charge < -0.3 is 10.6 Å². The minimum Gasteiger partial charge on any atom is -0.338 e. The van der Waals surface area contributed by atoms with Gasteiger partial charge in [-0.05, 0) is 54.8 Å². The molecule has 0 aromatic heterocycles. The van der Waals surface area contributed by atoms with Crippen molar-refractivity contribution in [2.24, 2.45) is 0 Å². The van der Waals surface area contributed by atoms with E-state index < -0.39 is 0 Å². The van der Waals surface area contributed by atoms with Crippen LogP contribution in [0.1, 0.15) is 11.1 Å². The number of rotatable bonds is 4. The highest BCUT2D eigenvalue weighted by atomic mass is 79.9. The van der Waals surface area contributed by atoms with Crippen LogP contribution in [0.25, 0.3) is 0 Å². The van der Waals surface area contributed by atoms with Gasteiger partial charge >= 0.3 is 6.03 Å². The van der Waals surface area contributed by atoms with Gasteiger partial charge in [-0.1, -0.05) is 39.7 Å². The molecular formula is C16H16BrClN2O. The highest BCUT2D eigenvalue weighted by molar-refractivity contribution is 9.10. The molecule has 0 aliphatic heterocycles. The monoisotopic (exact) mass is 366 g/mol. The maximum atomic E-state index is 11.8. The van der Waals surface area contributed by atoms with Gasteiger partial charge in [-0.15, -0.1) is 0 Å². The quantitative estimate of drug-likeness (QED) is 0.802. The van der Waals surface area contributed by atoms with Crippen LogP contribution in [0.3, 0.4) is 0 Å². The number of anilines is 1. The van der Waals surface area contributed by atoms with Crippen LogP contribution in [-0.2, 0) is 6.42 Å². The Balaban J connectivity index is 1.81. The first-order valence-corrected chi connectivity index (χ1v) is 7.77. The second-order valence-electron chi connectivity index (χ2n) is 4.72. The van der Waals surface area contributed by atoms with E-state index in [1.54, 1.807) is 12.1 Å². The van der Waals surface area contributed by atoms with Crippen LogP contribution in [-0.4, -0.2) is 12.6 Å². The lowest BCUT2D eigenvalue weighted by molar-refractivity contribution is 0.252. The van der Waals surface area contributed by atoms with E-state index in [0.29, 0.717) is 11.6 Å². The molecule has 0 radical (unpaired) electrons. The summed E-state index contributed by atoms with van der Waals surface area (Å²) in [6.07, 6.45) is 0.792. The maximum absolute atomic E-state index is 11.8. The van der Waals surface area contributed by atoms with Gasteiger partial charge in [0, 0.05) is 21.7 Å². The molecule has 0 saturated carbocycles. The Morgan fingerprint density at radius 2 is 1.90 bits per heavy atom. The fourth-order valence-electron chi connectivity index (χ4n) is 1.91. The molecule has 0 heterocycles. The van der Waals surface area contributed by atoms with Gasteiger partial charge in [0.25, 0.3) is 0 Å². The Bertz CT molecular complexity index is 629. The van der Waals surface area contributed by atoms with E-state index in [4.69, 9.17) is 11.6 Å². The summed E-state index contributed by atoms with van der Waals surface area (Å²) in [5.41, 5.74) is 2.88. The Kier molecular flexibility index (Phi) is 5.65. The second kappa shape index (κ2) is 7.48. The van der Waals surface area contributed by atoms with Gasteiger partial charge in [-0.25, -0.2) is 4.79 Å². The molecule has 5 heteroatoms. The number of carbonyl (C=O) groups is 1. The largest absolute Gasteiger partial charge is 0.338 e. The summed E-state index contributed by atoms with van der Waals surface area (Å²) < 4.78 is 1.05. The maximum Gasteiger partial charge on any atom is 0.319 e. The van der Waals surface area contributed by atoms with Gasteiger partial charge in [-0.2, -0.15) is 0 Å². The molecule has 2 amide bonds. The number of urea groups is 1. The molecule has 0 atom stereocenters. The summed E-state index contributed by atoms with van der Waals surface area (Å²) >= 11 is 9.28. The molecule has 0 saturated heterocycles. The number of hydrogen-bond donors (Lipinski definition) is 2. The zero-order valence-corrected chi connectivity index (χ0v) is 14.0. The van der Waals surface area contributed by atoms with E-state index in [9.17, 15) is 4.79 Å². The van der Waals surface area contributed by atoms with Crippen LogP contribution in [0.15, 0.2) is 46.9 Å². The van der Waals surface area contributed by atoms with Crippen molar-refractivity contribution in [2.45, 2.75) is 13.3 Å². The number of hydrogen-bond acceptors (Lipinski definition) is 1. The number of halogens is 2. The number of amides is 2. The first kappa shape index (κ1) is 15.9. The van der Waals surface area contributed by atoms with Gasteiger partial charge in [0.05, 0.1) is 0 Å². The number of carbonyl (C=O) groups excluding carboxylic acids is 1.